The molecule has 1 fully saturated rings. The zero-order valence-corrected chi connectivity index (χ0v) is 18.1. The maximum Gasteiger partial charge on any atom is 0.242 e. The molecule has 1 heterocycles. The van der Waals surface area contributed by atoms with E-state index in [0.717, 1.165) is 36.1 Å². The highest BCUT2D eigenvalue weighted by atomic mass is 32.2. The third-order valence-corrected chi connectivity index (χ3v) is 6.02. The van der Waals surface area contributed by atoms with Crippen LogP contribution in [0.3, 0.4) is 0 Å². The largest absolute Gasteiger partial charge is 0.378 e. The van der Waals surface area contributed by atoms with Gasteiger partial charge in [0, 0.05) is 19.8 Å². The molecular formula is C23H28N4OS. The number of thioether (sulfide) groups is 1. The van der Waals surface area contributed by atoms with Gasteiger partial charge in [0.25, 0.3) is 0 Å². The summed E-state index contributed by atoms with van der Waals surface area (Å²) >= 11 is 1.53. The normalized spacial score (nSPS) is 18.2. The average Bonchev–Trinajstić information content (AvgIpc) is 3.02. The van der Waals surface area contributed by atoms with E-state index >= 15 is 0 Å². The lowest BCUT2D eigenvalue weighted by molar-refractivity contribution is -0.126. The van der Waals surface area contributed by atoms with Crippen LogP contribution in [0.2, 0.25) is 0 Å². The maximum atomic E-state index is 12.9. The fourth-order valence-corrected chi connectivity index (χ4v) is 4.22. The summed E-state index contributed by atoms with van der Waals surface area (Å²) < 4.78 is 0. The summed E-state index contributed by atoms with van der Waals surface area (Å²) in [4.78, 5) is 16.8. The van der Waals surface area contributed by atoms with Crippen molar-refractivity contribution in [1.82, 2.24) is 4.90 Å². The van der Waals surface area contributed by atoms with E-state index in [9.17, 15) is 4.79 Å². The molecule has 0 spiro atoms. The van der Waals surface area contributed by atoms with Gasteiger partial charge in [-0.1, -0.05) is 74.0 Å². The van der Waals surface area contributed by atoms with Gasteiger partial charge < -0.3 is 4.90 Å². The van der Waals surface area contributed by atoms with E-state index in [1.54, 1.807) is 11.1 Å². The number of unbranched alkanes of at least 4 members (excludes halogenated alkanes) is 1. The summed E-state index contributed by atoms with van der Waals surface area (Å²) in [6.07, 6.45) is 4.73. The van der Waals surface area contributed by atoms with Crippen LogP contribution in [0.1, 0.15) is 37.3 Å². The number of hydrogen-bond acceptors (Lipinski definition) is 5. The lowest BCUT2D eigenvalue weighted by atomic mass is 10.1. The van der Waals surface area contributed by atoms with Crippen LogP contribution in [0.25, 0.3) is 0 Å². The molecule has 2 aromatic carbocycles. The van der Waals surface area contributed by atoms with Gasteiger partial charge in [-0.2, -0.15) is 5.10 Å². The summed E-state index contributed by atoms with van der Waals surface area (Å²) in [5, 5.41) is 9.30. The summed E-state index contributed by atoms with van der Waals surface area (Å²) in [5.74, 6) is 0.136. The Labute approximate surface area is 177 Å². The molecule has 6 heteroatoms. The number of hydrogen-bond donors (Lipinski definition) is 0. The highest BCUT2D eigenvalue weighted by Gasteiger charge is 2.37. The first-order valence-corrected chi connectivity index (χ1v) is 10.9. The van der Waals surface area contributed by atoms with Gasteiger partial charge in [0.15, 0.2) is 5.17 Å². The Morgan fingerprint density at radius 1 is 1.10 bits per heavy atom. The highest BCUT2D eigenvalue weighted by molar-refractivity contribution is 8.15. The number of benzene rings is 2. The van der Waals surface area contributed by atoms with Crippen LogP contribution < -0.4 is 4.90 Å². The Morgan fingerprint density at radius 3 is 2.48 bits per heavy atom. The second-order valence-corrected chi connectivity index (χ2v) is 8.44. The Bertz CT molecular complexity index is 862. The number of rotatable bonds is 8. The standard InChI is InChI=1S/C23H28N4OS/c1-4-5-11-21-22(28)27(17-19-9-7-6-8-10-19)23(29-21)25-24-16-18-12-14-20(15-13-18)26(2)3/h6-10,12-16,21H,4-5,11,17H2,1-3H3/b24-16+,25-23-. The predicted octanol–water partition coefficient (Wildman–Crippen LogP) is 4.78. The van der Waals surface area contributed by atoms with E-state index in [2.05, 4.69) is 22.0 Å². The van der Waals surface area contributed by atoms with E-state index in [1.807, 2.05) is 68.7 Å². The minimum absolute atomic E-state index is 0.0630. The monoisotopic (exact) mass is 408 g/mol. The van der Waals surface area contributed by atoms with E-state index in [1.165, 1.54) is 11.8 Å². The third-order valence-electron chi connectivity index (χ3n) is 4.78. The van der Waals surface area contributed by atoms with Gasteiger partial charge in [-0.25, -0.2) is 0 Å². The smallest absolute Gasteiger partial charge is 0.242 e. The van der Waals surface area contributed by atoms with Crippen molar-refractivity contribution in [2.45, 2.75) is 38.0 Å². The van der Waals surface area contributed by atoms with Gasteiger partial charge in [-0.3, -0.25) is 9.69 Å². The number of carbonyl (C=O) groups excluding carboxylic acids is 1. The molecule has 1 unspecified atom stereocenters. The zero-order chi connectivity index (χ0) is 20.6. The summed E-state index contributed by atoms with van der Waals surface area (Å²) in [7, 11) is 4.03. The Kier molecular flexibility index (Phi) is 7.47. The molecule has 0 aliphatic carbocycles. The summed E-state index contributed by atoms with van der Waals surface area (Å²) in [6, 6.07) is 18.1. The minimum Gasteiger partial charge on any atom is -0.378 e. The van der Waals surface area contributed by atoms with Crippen LogP contribution in [0, 0.1) is 0 Å². The number of amides is 1. The molecule has 0 bridgehead atoms. The summed E-state index contributed by atoms with van der Waals surface area (Å²) in [5.41, 5.74) is 3.21. The molecule has 152 valence electrons. The van der Waals surface area contributed by atoms with E-state index in [0.29, 0.717) is 11.7 Å². The number of amidine groups is 1. The molecule has 5 nitrogen and oxygen atoms in total. The lowest BCUT2D eigenvalue weighted by Gasteiger charge is -2.15. The average molecular weight is 409 g/mol. The fourth-order valence-electron chi connectivity index (χ4n) is 3.07. The Morgan fingerprint density at radius 2 is 1.83 bits per heavy atom. The number of nitrogens with zero attached hydrogens (tertiary/aromatic N) is 4. The molecule has 1 aliphatic heterocycles. The van der Waals surface area contributed by atoms with E-state index < -0.39 is 0 Å². The molecule has 1 saturated heterocycles. The molecule has 0 aromatic heterocycles. The van der Waals surface area contributed by atoms with Crippen LogP contribution in [-0.4, -0.2) is 41.5 Å². The maximum absolute atomic E-state index is 12.9. The van der Waals surface area contributed by atoms with Crippen LogP contribution in [0.15, 0.2) is 64.8 Å². The van der Waals surface area contributed by atoms with E-state index in [-0.39, 0.29) is 11.2 Å². The number of carbonyl (C=O) groups is 1. The molecule has 0 radical (unpaired) electrons. The van der Waals surface area contributed by atoms with Crippen molar-refractivity contribution in [3.05, 3.63) is 65.7 Å². The van der Waals surface area contributed by atoms with Gasteiger partial charge in [0.2, 0.25) is 5.91 Å². The van der Waals surface area contributed by atoms with Crippen molar-refractivity contribution in [2.75, 3.05) is 19.0 Å². The molecule has 1 atom stereocenters. The SMILES string of the molecule is CCCCC1S/C(=N\N=C\c2ccc(N(C)C)cc2)N(Cc2ccccc2)C1=O. The van der Waals surface area contributed by atoms with Gasteiger partial charge in [-0.05, 0) is 29.7 Å². The van der Waals surface area contributed by atoms with Crippen molar-refractivity contribution in [3.8, 4) is 0 Å². The second-order valence-electron chi connectivity index (χ2n) is 7.27. The predicted molar refractivity (Wildman–Crippen MR) is 124 cm³/mol. The quantitative estimate of drug-likeness (QED) is 0.467. The van der Waals surface area contributed by atoms with Gasteiger partial charge >= 0.3 is 0 Å². The van der Waals surface area contributed by atoms with Crippen LogP contribution in [0.4, 0.5) is 5.69 Å². The van der Waals surface area contributed by atoms with Gasteiger partial charge in [0.05, 0.1) is 18.0 Å². The first-order valence-electron chi connectivity index (χ1n) is 9.99. The fraction of sp³-hybridized carbons (Fsp3) is 0.348. The molecule has 2 aromatic rings. The van der Waals surface area contributed by atoms with Crippen molar-refractivity contribution in [1.29, 1.82) is 0 Å². The van der Waals surface area contributed by atoms with Crippen LogP contribution >= 0.6 is 11.8 Å². The molecule has 3 rings (SSSR count). The molecule has 0 N–H and O–H groups in total. The molecule has 0 saturated carbocycles. The molecule has 1 aliphatic rings. The zero-order valence-electron chi connectivity index (χ0n) is 17.3. The molecule has 1 amide bonds. The highest BCUT2D eigenvalue weighted by Crippen LogP contribution is 2.32. The van der Waals surface area contributed by atoms with Crippen molar-refractivity contribution < 1.29 is 4.79 Å². The van der Waals surface area contributed by atoms with Crippen LogP contribution in [0.5, 0.6) is 0 Å². The van der Waals surface area contributed by atoms with Crippen molar-refractivity contribution in [3.63, 3.8) is 0 Å². The summed E-state index contributed by atoms with van der Waals surface area (Å²) in [6.45, 7) is 2.67. The third kappa shape index (κ3) is 5.70. The second kappa shape index (κ2) is 10.3. The minimum atomic E-state index is -0.0630. The first kappa shape index (κ1) is 21.1. The van der Waals surface area contributed by atoms with Gasteiger partial charge in [0.1, 0.15) is 0 Å². The van der Waals surface area contributed by atoms with E-state index in [4.69, 9.17) is 0 Å². The molecular weight excluding hydrogens is 380 g/mol. The topological polar surface area (TPSA) is 48.3 Å². The molecule has 29 heavy (non-hydrogen) atoms. The van der Waals surface area contributed by atoms with Gasteiger partial charge in [-0.15, -0.1) is 5.10 Å². The van der Waals surface area contributed by atoms with Crippen LogP contribution in [-0.2, 0) is 11.3 Å². The first-order chi connectivity index (χ1) is 14.1. The lowest BCUT2D eigenvalue weighted by Crippen LogP contribution is -2.31. The van der Waals surface area contributed by atoms with Crippen molar-refractivity contribution >= 4 is 34.7 Å². The number of anilines is 1. The Balaban J connectivity index is 1.76. The Hall–Kier alpha value is -2.60. The van der Waals surface area contributed by atoms with Crippen molar-refractivity contribution in [2.24, 2.45) is 10.2 Å².